The topological polar surface area (TPSA) is 131 Å². The average Bonchev–Trinajstić information content (AvgIpc) is 2.67. The maximum atomic E-state index is 13.6. The van der Waals surface area contributed by atoms with Crippen molar-refractivity contribution in [1.82, 2.24) is 0 Å². The Labute approximate surface area is 159 Å². The zero-order valence-electron chi connectivity index (χ0n) is 14.8. The van der Waals surface area contributed by atoms with Gasteiger partial charge in [0.1, 0.15) is 5.82 Å². The number of hydrogen-bond donors (Lipinski definition) is 3. The number of esters is 1. The van der Waals surface area contributed by atoms with E-state index in [-0.39, 0.29) is 35.8 Å². The lowest BCUT2D eigenvalue weighted by Gasteiger charge is -2.16. The smallest absolute Gasteiger partial charge is 0.341 e. The van der Waals surface area contributed by atoms with Crippen molar-refractivity contribution in [3.8, 4) is 0 Å². The van der Waals surface area contributed by atoms with E-state index in [1.807, 2.05) is 0 Å². The molecule has 148 valence electrons. The lowest BCUT2D eigenvalue weighted by molar-refractivity contribution is -0.384. The van der Waals surface area contributed by atoms with E-state index in [1.165, 1.54) is 37.3 Å². The van der Waals surface area contributed by atoms with Gasteiger partial charge in [-0.1, -0.05) is 12.1 Å². The Morgan fingerprint density at radius 2 is 1.96 bits per heavy atom. The lowest BCUT2D eigenvalue weighted by atomic mass is 10.1. The number of amides is 1. The number of nitrogens with zero attached hydrogens (tertiary/aromatic N) is 1. The van der Waals surface area contributed by atoms with Crippen LogP contribution < -0.4 is 10.6 Å². The molecule has 1 unspecified atom stereocenters. The second kappa shape index (κ2) is 9.42. The summed E-state index contributed by atoms with van der Waals surface area (Å²) >= 11 is 0. The third kappa shape index (κ3) is 5.24. The van der Waals surface area contributed by atoms with Crippen molar-refractivity contribution in [1.29, 1.82) is 0 Å². The number of anilines is 2. The Hall–Kier alpha value is -3.53. The molecule has 9 nitrogen and oxygen atoms in total. The maximum Gasteiger partial charge on any atom is 0.341 e. The average molecular weight is 391 g/mol. The molecule has 0 fully saturated rings. The van der Waals surface area contributed by atoms with Crippen LogP contribution in [0.5, 0.6) is 0 Å². The number of ether oxygens (including phenoxy) is 1. The molecule has 2 rings (SSSR count). The summed E-state index contributed by atoms with van der Waals surface area (Å²) in [6.45, 7) is 1.15. The number of carbonyl (C=O) groups is 2. The number of hydrogen-bond acceptors (Lipinski definition) is 7. The molecule has 0 saturated heterocycles. The van der Waals surface area contributed by atoms with Crippen LogP contribution in [-0.2, 0) is 9.53 Å². The van der Waals surface area contributed by atoms with E-state index in [1.54, 1.807) is 0 Å². The lowest BCUT2D eigenvalue weighted by Crippen LogP contribution is -2.30. The van der Waals surface area contributed by atoms with Gasteiger partial charge in [-0.05, 0) is 25.1 Å². The molecule has 1 amide bonds. The number of nitrogens with one attached hydrogen (secondary N) is 2. The summed E-state index contributed by atoms with van der Waals surface area (Å²) in [6, 6.07) is 8.98. The highest BCUT2D eigenvalue weighted by Crippen LogP contribution is 2.23. The number of nitro groups is 1. The van der Waals surface area contributed by atoms with Crippen molar-refractivity contribution in [2.24, 2.45) is 0 Å². The Morgan fingerprint density at radius 3 is 2.61 bits per heavy atom. The number of aliphatic hydroxyl groups excluding tert-OH is 1. The Bertz CT molecular complexity index is 889. The first kappa shape index (κ1) is 20.8. The van der Waals surface area contributed by atoms with E-state index in [2.05, 4.69) is 10.6 Å². The van der Waals surface area contributed by atoms with Crippen LogP contribution in [-0.4, -0.2) is 41.2 Å². The fourth-order valence-corrected chi connectivity index (χ4v) is 2.23. The van der Waals surface area contributed by atoms with Gasteiger partial charge in [-0.15, -0.1) is 0 Å². The molecule has 0 aliphatic carbocycles. The number of rotatable bonds is 8. The molecule has 28 heavy (non-hydrogen) atoms. The minimum Gasteiger partial charge on any atom is -0.449 e. The molecule has 0 spiro atoms. The van der Waals surface area contributed by atoms with E-state index in [4.69, 9.17) is 9.84 Å². The quantitative estimate of drug-likeness (QED) is 0.357. The van der Waals surface area contributed by atoms with Crippen LogP contribution in [0.4, 0.5) is 21.5 Å². The van der Waals surface area contributed by atoms with E-state index in [9.17, 15) is 24.1 Å². The summed E-state index contributed by atoms with van der Waals surface area (Å²) in [7, 11) is 0. The standard InChI is InChI=1S/C18H18FN3O6/c1-11(17(24)21-16-5-3-2-4-14(16)19)28-18(25)13-10-12(22(26)27)6-7-15(13)20-8-9-23/h2-7,10-11,20,23H,8-9H2,1H3,(H,21,24). The molecule has 0 aromatic heterocycles. The van der Waals surface area contributed by atoms with Crippen LogP contribution in [0.15, 0.2) is 42.5 Å². The molecular weight excluding hydrogens is 373 g/mol. The molecule has 0 bridgehead atoms. The Balaban J connectivity index is 2.15. The van der Waals surface area contributed by atoms with Crippen molar-refractivity contribution in [2.75, 3.05) is 23.8 Å². The zero-order chi connectivity index (χ0) is 20.7. The van der Waals surface area contributed by atoms with Crippen molar-refractivity contribution in [3.63, 3.8) is 0 Å². The Kier molecular flexibility index (Phi) is 6.99. The van der Waals surface area contributed by atoms with E-state index in [0.29, 0.717) is 0 Å². The van der Waals surface area contributed by atoms with E-state index in [0.717, 1.165) is 12.1 Å². The largest absolute Gasteiger partial charge is 0.449 e. The maximum absolute atomic E-state index is 13.6. The number of non-ortho nitro benzene ring substituents is 1. The highest BCUT2D eigenvalue weighted by atomic mass is 19.1. The van der Waals surface area contributed by atoms with Gasteiger partial charge in [0.25, 0.3) is 11.6 Å². The molecule has 10 heteroatoms. The van der Waals surface area contributed by atoms with Crippen LogP contribution >= 0.6 is 0 Å². The zero-order valence-corrected chi connectivity index (χ0v) is 14.8. The molecular formula is C18H18FN3O6. The van der Waals surface area contributed by atoms with Crippen LogP contribution in [0.3, 0.4) is 0 Å². The number of carbonyl (C=O) groups excluding carboxylic acids is 2. The summed E-state index contributed by atoms with van der Waals surface area (Å²) in [5.74, 6) is -2.40. The first-order chi connectivity index (χ1) is 13.3. The first-order valence-electron chi connectivity index (χ1n) is 8.23. The number of nitro benzene ring substituents is 1. The molecule has 0 aliphatic heterocycles. The SMILES string of the molecule is CC(OC(=O)c1cc([N+](=O)[O-])ccc1NCCO)C(=O)Nc1ccccc1F. The highest BCUT2D eigenvalue weighted by molar-refractivity contribution is 6.00. The molecule has 0 radical (unpaired) electrons. The van der Waals surface area contributed by atoms with Crippen LogP contribution in [0, 0.1) is 15.9 Å². The number of halogens is 1. The molecule has 2 aromatic carbocycles. The summed E-state index contributed by atoms with van der Waals surface area (Å²) in [5, 5.41) is 24.9. The molecule has 0 saturated carbocycles. The predicted molar refractivity (Wildman–Crippen MR) is 98.6 cm³/mol. The van der Waals surface area contributed by atoms with Crippen molar-refractivity contribution >= 4 is 28.9 Å². The highest BCUT2D eigenvalue weighted by Gasteiger charge is 2.23. The van der Waals surface area contributed by atoms with Gasteiger partial charge in [-0.25, -0.2) is 9.18 Å². The van der Waals surface area contributed by atoms with Crippen LogP contribution in [0.25, 0.3) is 0 Å². The third-order valence-electron chi connectivity index (χ3n) is 3.65. The van der Waals surface area contributed by atoms with Gasteiger partial charge in [-0.2, -0.15) is 0 Å². The second-order valence-corrected chi connectivity index (χ2v) is 5.65. The summed E-state index contributed by atoms with van der Waals surface area (Å²) in [6.07, 6.45) is -1.29. The normalized spacial score (nSPS) is 11.4. The summed E-state index contributed by atoms with van der Waals surface area (Å²) in [5.41, 5.74) is -0.388. The monoisotopic (exact) mass is 391 g/mol. The second-order valence-electron chi connectivity index (χ2n) is 5.65. The van der Waals surface area contributed by atoms with E-state index < -0.39 is 28.7 Å². The van der Waals surface area contributed by atoms with Gasteiger partial charge in [0.2, 0.25) is 0 Å². The van der Waals surface area contributed by atoms with Gasteiger partial charge < -0.3 is 20.5 Å². The number of benzene rings is 2. The Morgan fingerprint density at radius 1 is 1.25 bits per heavy atom. The number of para-hydroxylation sites is 1. The van der Waals surface area contributed by atoms with Crippen LogP contribution in [0.2, 0.25) is 0 Å². The van der Waals surface area contributed by atoms with Crippen molar-refractivity contribution in [2.45, 2.75) is 13.0 Å². The van der Waals surface area contributed by atoms with Crippen molar-refractivity contribution < 1.29 is 28.7 Å². The minimum absolute atomic E-state index is 0.0731. The number of aliphatic hydroxyl groups is 1. The van der Waals surface area contributed by atoms with Gasteiger partial charge in [-0.3, -0.25) is 14.9 Å². The van der Waals surface area contributed by atoms with E-state index >= 15 is 0 Å². The fraction of sp³-hybridized carbons (Fsp3) is 0.222. The summed E-state index contributed by atoms with van der Waals surface area (Å²) < 4.78 is 18.7. The molecule has 0 aliphatic rings. The van der Waals surface area contributed by atoms with Gasteiger partial charge in [0.15, 0.2) is 6.10 Å². The van der Waals surface area contributed by atoms with Gasteiger partial charge in [0.05, 0.1) is 22.8 Å². The summed E-state index contributed by atoms with van der Waals surface area (Å²) in [4.78, 5) is 34.9. The molecule has 1 atom stereocenters. The molecule has 0 heterocycles. The first-order valence-corrected chi connectivity index (χ1v) is 8.23. The van der Waals surface area contributed by atoms with Gasteiger partial charge >= 0.3 is 5.97 Å². The van der Waals surface area contributed by atoms with Crippen LogP contribution in [0.1, 0.15) is 17.3 Å². The molecule has 3 N–H and O–H groups in total. The predicted octanol–water partition coefficient (Wildman–Crippen LogP) is 2.32. The third-order valence-corrected chi connectivity index (χ3v) is 3.65. The van der Waals surface area contributed by atoms with Gasteiger partial charge in [0, 0.05) is 24.4 Å². The minimum atomic E-state index is -1.29. The van der Waals surface area contributed by atoms with Crippen molar-refractivity contribution in [3.05, 3.63) is 64.0 Å². The fourth-order valence-electron chi connectivity index (χ4n) is 2.23. The molecule has 2 aromatic rings.